The number of nitrogens with one attached hydrogen (secondary N) is 1. The number of anilines is 1. The lowest BCUT2D eigenvalue weighted by molar-refractivity contribution is 0.395. The van der Waals surface area contributed by atoms with E-state index in [0.717, 1.165) is 0 Å². The highest BCUT2D eigenvalue weighted by molar-refractivity contribution is 7.92. The Labute approximate surface area is 129 Å². The van der Waals surface area contributed by atoms with Crippen LogP contribution in [0.15, 0.2) is 47.4 Å². The lowest BCUT2D eigenvalue weighted by atomic mass is 10.2. The van der Waals surface area contributed by atoms with Crippen LogP contribution < -0.4 is 14.2 Å². The summed E-state index contributed by atoms with van der Waals surface area (Å²) in [7, 11) is -0.973. The summed E-state index contributed by atoms with van der Waals surface area (Å²) in [5.41, 5.74) is 0.332. The van der Waals surface area contributed by atoms with E-state index >= 15 is 0 Å². The molecule has 0 aliphatic rings. The predicted molar refractivity (Wildman–Crippen MR) is 81.5 cm³/mol. The molecule has 0 radical (unpaired) electrons. The number of methoxy groups -OCH3 is 2. The smallest absolute Gasteiger partial charge is 0.263 e. The summed E-state index contributed by atoms with van der Waals surface area (Å²) in [6, 6.07) is 12.5. The first-order valence-electron chi connectivity index (χ1n) is 6.26. The molecule has 22 heavy (non-hydrogen) atoms. The minimum atomic E-state index is -3.90. The molecule has 0 heterocycles. The van der Waals surface area contributed by atoms with Gasteiger partial charge in [0.2, 0.25) is 0 Å². The maximum atomic E-state index is 12.5. The van der Waals surface area contributed by atoms with Crippen LogP contribution in [0.3, 0.4) is 0 Å². The number of ether oxygens (including phenoxy) is 2. The van der Waals surface area contributed by atoms with Gasteiger partial charge in [0.25, 0.3) is 10.0 Å². The monoisotopic (exact) mass is 318 g/mol. The molecule has 1 N–H and O–H groups in total. The van der Waals surface area contributed by atoms with Gasteiger partial charge in [-0.25, -0.2) is 8.42 Å². The highest BCUT2D eigenvalue weighted by atomic mass is 32.2. The Balaban J connectivity index is 2.44. The van der Waals surface area contributed by atoms with Crippen LogP contribution in [0, 0.1) is 11.3 Å². The van der Waals surface area contributed by atoms with Gasteiger partial charge in [-0.1, -0.05) is 12.1 Å². The van der Waals surface area contributed by atoms with Crippen LogP contribution in [0.1, 0.15) is 5.56 Å². The molecule has 2 rings (SSSR count). The van der Waals surface area contributed by atoms with Gasteiger partial charge in [-0.05, 0) is 24.3 Å². The molecule has 0 saturated carbocycles. The topological polar surface area (TPSA) is 88.4 Å². The molecule has 0 aliphatic heterocycles. The minimum Gasteiger partial charge on any atom is -0.497 e. The molecule has 0 fully saturated rings. The molecule has 0 amide bonds. The Bertz CT molecular complexity index is 826. The summed E-state index contributed by atoms with van der Waals surface area (Å²) in [4.78, 5) is -0.0876. The second-order valence-corrected chi connectivity index (χ2v) is 5.93. The van der Waals surface area contributed by atoms with Crippen LogP contribution >= 0.6 is 0 Å². The molecule has 6 nitrogen and oxygen atoms in total. The largest absolute Gasteiger partial charge is 0.497 e. The van der Waals surface area contributed by atoms with Crippen molar-refractivity contribution in [2.75, 3.05) is 18.9 Å². The quantitative estimate of drug-likeness (QED) is 0.914. The molecule has 0 saturated heterocycles. The van der Waals surface area contributed by atoms with E-state index in [2.05, 4.69) is 4.72 Å². The first-order valence-corrected chi connectivity index (χ1v) is 7.74. The molecule has 2 aromatic carbocycles. The van der Waals surface area contributed by atoms with Gasteiger partial charge in [-0.2, -0.15) is 5.26 Å². The third kappa shape index (κ3) is 3.13. The van der Waals surface area contributed by atoms with Crippen molar-refractivity contribution < 1.29 is 17.9 Å². The van der Waals surface area contributed by atoms with Crippen LogP contribution in [0.2, 0.25) is 0 Å². The fourth-order valence-electron chi connectivity index (χ4n) is 1.88. The Morgan fingerprint density at radius 3 is 2.45 bits per heavy atom. The molecular weight excluding hydrogens is 304 g/mol. The van der Waals surface area contributed by atoms with Crippen molar-refractivity contribution in [3.05, 3.63) is 48.0 Å². The van der Waals surface area contributed by atoms with Crippen LogP contribution in [0.5, 0.6) is 11.5 Å². The van der Waals surface area contributed by atoms with E-state index in [4.69, 9.17) is 14.7 Å². The van der Waals surface area contributed by atoms with Crippen LogP contribution in [0.25, 0.3) is 0 Å². The molecule has 0 spiro atoms. The van der Waals surface area contributed by atoms with Gasteiger partial charge in [0.15, 0.2) is 0 Å². The van der Waals surface area contributed by atoms with Crippen molar-refractivity contribution >= 4 is 15.7 Å². The van der Waals surface area contributed by atoms with Gasteiger partial charge in [0.05, 0.1) is 25.5 Å². The zero-order chi connectivity index (χ0) is 16.2. The maximum absolute atomic E-state index is 12.5. The van der Waals surface area contributed by atoms with E-state index in [-0.39, 0.29) is 16.1 Å². The lowest BCUT2D eigenvalue weighted by Crippen LogP contribution is -2.15. The van der Waals surface area contributed by atoms with Crippen molar-refractivity contribution in [1.29, 1.82) is 5.26 Å². The second-order valence-electron chi connectivity index (χ2n) is 4.28. The Morgan fingerprint density at radius 1 is 1.09 bits per heavy atom. The fraction of sp³-hybridized carbons (Fsp3) is 0.133. The minimum absolute atomic E-state index is 0.0717. The van der Waals surface area contributed by atoms with Gasteiger partial charge in [0, 0.05) is 6.07 Å². The van der Waals surface area contributed by atoms with Crippen LogP contribution in [-0.2, 0) is 10.0 Å². The zero-order valence-corrected chi connectivity index (χ0v) is 12.8. The molecule has 0 atom stereocenters. The van der Waals surface area contributed by atoms with Crippen molar-refractivity contribution in [3.8, 4) is 17.6 Å². The molecule has 0 aromatic heterocycles. The molecule has 0 bridgehead atoms. The summed E-state index contributed by atoms with van der Waals surface area (Å²) >= 11 is 0. The highest BCUT2D eigenvalue weighted by Gasteiger charge is 2.20. The zero-order valence-electron chi connectivity index (χ0n) is 12.0. The summed E-state index contributed by atoms with van der Waals surface area (Å²) in [6.07, 6.45) is 0. The SMILES string of the molecule is COc1ccc(NS(=O)(=O)c2ccccc2C#N)c(OC)c1. The van der Waals surface area contributed by atoms with E-state index in [0.29, 0.717) is 11.5 Å². The van der Waals surface area contributed by atoms with E-state index in [9.17, 15) is 8.42 Å². The number of benzene rings is 2. The number of nitrogens with zero attached hydrogens (tertiary/aromatic N) is 1. The third-order valence-electron chi connectivity index (χ3n) is 2.95. The van der Waals surface area contributed by atoms with Gasteiger partial charge >= 0.3 is 0 Å². The fourth-order valence-corrected chi connectivity index (χ4v) is 3.10. The standard InChI is InChI=1S/C15H14N2O4S/c1-20-12-7-8-13(14(9-12)21-2)17-22(18,19)15-6-4-3-5-11(15)10-16/h3-9,17H,1-2H3. The summed E-state index contributed by atoms with van der Waals surface area (Å²) in [6.45, 7) is 0. The predicted octanol–water partition coefficient (Wildman–Crippen LogP) is 2.38. The van der Waals surface area contributed by atoms with Crippen molar-refractivity contribution in [2.24, 2.45) is 0 Å². The van der Waals surface area contributed by atoms with E-state index in [1.54, 1.807) is 24.3 Å². The number of rotatable bonds is 5. The molecule has 2 aromatic rings. The molecule has 0 aliphatic carbocycles. The van der Waals surface area contributed by atoms with Crippen molar-refractivity contribution in [2.45, 2.75) is 4.90 Å². The average Bonchev–Trinajstić information content (AvgIpc) is 2.54. The first-order chi connectivity index (χ1) is 10.5. The van der Waals surface area contributed by atoms with Crippen LogP contribution in [0.4, 0.5) is 5.69 Å². The number of hydrogen-bond acceptors (Lipinski definition) is 5. The normalized spacial score (nSPS) is 10.6. The number of hydrogen-bond donors (Lipinski definition) is 1. The molecule has 114 valence electrons. The van der Waals surface area contributed by atoms with Crippen molar-refractivity contribution in [1.82, 2.24) is 0 Å². The van der Waals surface area contributed by atoms with E-state index in [1.165, 1.54) is 32.4 Å². The summed E-state index contributed by atoms with van der Waals surface area (Å²) in [5, 5.41) is 9.03. The molecule has 0 unspecified atom stereocenters. The highest BCUT2D eigenvalue weighted by Crippen LogP contribution is 2.31. The Hall–Kier alpha value is -2.72. The van der Waals surface area contributed by atoms with Crippen molar-refractivity contribution in [3.63, 3.8) is 0 Å². The van der Waals surface area contributed by atoms with Gasteiger partial charge in [-0.3, -0.25) is 4.72 Å². The van der Waals surface area contributed by atoms with Gasteiger partial charge < -0.3 is 9.47 Å². The lowest BCUT2D eigenvalue weighted by Gasteiger charge is -2.13. The van der Waals surface area contributed by atoms with Gasteiger partial charge in [-0.15, -0.1) is 0 Å². The number of sulfonamides is 1. The maximum Gasteiger partial charge on any atom is 0.263 e. The molecular formula is C15H14N2O4S. The summed E-state index contributed by atoms with van der Waals surface area (Å²) in [5.74, 6) is 0.856. The third-order valence-corrected chi connectivity index (χ3v) is 4.37. The molecule has 7 heteroatoms. The van der Waals surface area contributed by atoms with Crippen LogP contribution in [-0.4, -0.2) is 22.6 Å². The van der Waals surface area contributed by atoms with Gasteiger partial charge in [0.1, 0.15) is 22.5 Å². The average molecular weight is 318 g/mol. The first kappa shape index (κ1) is 15.7. The Kier molecular flexibility index (Phi) is 4.53. The summed E-state index contributed by atoms with van der Waals surface area (Å²) < 4.78 is 37.5. The Morgan fingerprint density at radius 2 is 1.82 bits per heavy atom. The second kappa shape index (κ2) is 6.37. The number of nitriles is 1. The van der Waals surface area contributed by atoms with E-state index < -0.39 is 10.0 Å². The van der Waals surface area contributed by atoms with E-state index in [1.807, 2.05) is 6.07 Å².